The number of amides is 1. The summed E-state index contributed by atoms with van der Waals surface area (Å²) in [5, 5.41) is 5.84. The molecule has 0 aromatic heterocycles. The second kappa shape index (κ2) is 7.45. The molecular weight excluding hydrogens is 232 g/mol. The van der Waals surface area contributed by atoms with E-state index in [2.05, 4.69) is 10.6 Å². The molecule has 0 aliphatic heterocycles. The summed E-state index contributed by atoms with van der Waals surface area (Å²) < 4.78 is 4.71. The zero-order valence-corrected chi connectivity index (χ0v) is 10.7. The molecule has 5 heteroatoms. The number of benzene rings is 1. The molecule has 18 heavy (non-hydrogen) atoms. The summed E-state index contributed by atoms with van der Waals surface area (Å²) in [6, 6.07) is 7.28. The van der Waals surface area contributed by atoms with Gasteiger partial charge in [-0.3, -0.25) is 4.79 Å². The van der Waals surface area contributed by atoms with Gasteiger partial charge in [0.15, 0.2) is 0 Å². The van der Waals surface area contributed by atoms with Crippen molar-refractivity contribution in [2.45, 2.75) is 13.5 Å². The van der Waals surface area contributed by atoms with Crippen molar-refractivity contribution in [2.24, 2.45) is 0 Å². The predicted octanol–water partition coefficient (Wildman–Crippen LogP) is 0.699. The fraction of sp³-hybridized carbons (Fsp3) is 0.385. The van der Waals surface area contributed by atoms with Crippen LogP contribution in [0.15, 0.2) is 24.3 Å². The molecule has 0 bridgehead atoms. The Morgan fingerprint density at radius 2 is 1.94 bits per heavy atom. The van der Waals surface area contributed by atoms with Crippen molar-refractivity contribution < 1.29 is 14.3 Å². The van der Waals surface area contributed by atoms with Crippen LogP contribution in [0, 0.1) is 0 Å². The Bertz CT molecular complexity index is 418. The van der Waals surface area contributed by atoms with Gasteiger partial charge in [0.25, 0.3) is 0 Å². The summed E-state index contributed by atoms with van der Waals surface area (Å²) in [5.74, 6) is -0.388. The molecule has 0 aliphatic carbocycles. The molecule has 0 unspecified atom stereocenters. The smallest absolute Gasteiger partial charge is 0.338 e. The van der Waals surface area contributed by atoms with E-state index in [1.807, 2.05) is 12.1 Å². The van der Waals surface area contributed by atoms with Crippen molar-refractivity contribution in [1.82, 2.24) is 10.6 Å². The van der Waals surface area contributed by atoms with Crippen LogP contribution in [0.2, 0.25) is 0 Å². The van der Waals surface area contributed by atoms with Crippen LogP contribution in [0.5, 0.6) is 0 Å². The highest BCUT2D eigenvalue weighted by molar-refractivity contribution is 5.90. The van der Waals surface area contributed by atoms with Gasteiger partial charge in [-0.1, -0.05) is 18.2 Å². The van der Waals surface area contributed by atoms with Crippen LogP contribution < -0.4 is 10.6 Å². The Labute approximate surface area is 107 Å². The summed E-state index contributed by atoms with van der Waals surface area (Å²) in [5.41, 5.74) is 1.44. The third kappa shape index (κ3) is 4.55. The Hall–Kier alpha value is -1.88. The van der Waals surface area contributed by atoms with Gasteiger partial charge in [0, 0.05) is 26.6 Å². The molecule has 0 spiro atoms. The molecule has 0 radical (unpaired) electrons. The SMILES string of the molecule is COC(=O)c1ccccc1CNCCNC(C)=O. The average Bonchev–Trinajstić information content (AvgIpc) is 2.37. The lowest BCUT2D eigenvalue weighted by atomic mass is 10.1. The molecule has 0 fully saturated rings. The molecular formula is C13H18N2O3. The van der Waals surface area contributed by atoms with Gasteiger partial charge >= 0.3 is 5.97 Å². The molecule has 5 nitrogen and oxygen atoms in total. The summed E-state index contributed by atoms with van der Waals surface area (Å²) in [7, 11) is 1.36. The fourth-order valence-electron chi connectivity index (χ4n) is 1.53. The first-order valence-electron chi connectivity index (χ1n) is 5.76. The standard InChI is InChI=1S/C13H18N2O3/c1-10(16)15-8-7-14-9-11-5-3-4-6-12(11)13(17)18-2/h3-6,14H,7-9H2,1-2H3,(H,15,16). The van der Waals surface area contributed by atoms with Crippen LogP contribution in [0.3, 0.4) is 0 Å². The third-order valence-electron chi connectivity index (χ3n) is 2.41. The van der Waals surface area contributed by atoms with Gasteiger partial charge in [-0.2, -0.15) is 0 Å². The Morgan fingerprint density at radius 3 is 2.61 bits per heavy atom. The lowest BCUT2D eigenvalue weighted by Crippen LogP contribution is -2.30. The van der Waals surface area contributed by atoms with E-state index >= 15 is 0 Å². The van der Waals surface area contributed by atoms with E-state index in [1.165, 1.54) is 14.0 Å². The number of carbonyl (C=O) groups excluding carboxylic acids is 2. The topological polar surface area (TPSA) is 67.4 Å². The van der Waals surface area contributed by atoms with Gasteiger partial charge in [0.2, 0.25) is 5.91 Å². The molecule has 0 atom stereocenters. The van der Waals surface area contributed by atoms with Gasteiger partial charge in [-0.05, 0) is 11.6 Å². The monoisotopic (exact) mass is 250 g/mol. The number of ether oxygens (including phenoxy) is 1. The van der Waals surface area contributed by atoms with Gasteiger partial charge in [0.1, 0.15) is 0 Å². The number of methoxy groups -OCH3 is 1. The van der Waals surface area contributed by atoms with E-state index < -0.39 is 0 Å². The van der Waals surface area contributed by atoms with Crippen molar-refractivity contribution in [3.05, 3.63) is 35.4 Å². The fourth-order valence-corrected chi connectivity index (χ4v) is 1.53. The maximum atomic E-state index is 11.5. The van der Waals surface area contributed by atoms with Crippen molar-refractivity contribution >= 4 is 11.9 Å². The average molecular weight is 250 g/mol. The molecule has 1 aromatic rings. The Balaban J connectivity index is 2.46. The van der Waals surface area contributed by atoms with E-state index in [-0.39, 0.29) is 11.9 Å². The van der Waals surface area contributed by atoms with Crippen LogP contribution >= 0.6 is 0 Å². The van der Waals surface area contributed by atoms with Gasteiger partial charge in [-0.25, -0.2) is 4.79 Å². The molecule has 0 aliphatic rings. The first-order chi connectivity index (χ1) is 8.65. The molecule has 2 N–H and O–H groups in total. The lowest BCUT2D eigenvalue weighted by Gasteiger charge is -2.09. The van der Waals surface area contributed by atoms with Crippen LogP contribution in [-0.2, 0) is 16.1 Å². The largest absolute Gasteiger partial charge is 0.465 e. The molecule has 98 valence electrons. The predicted molar refractivity (Wildman–Crippen MR) is 68.2 cm³/mol. The molecule has 1 amide bonds. The second-order valence-electron chi connectivity index (χ2n) is 3.81. The normalized spacial score (nSPS) is 9.89. The minimum Gasteiger partial charge on any atom is -0.465 e. The summed E-state index contributed by atoms with van der Waals surface area (Å²) in [4.78, 5) is 22.2. The van der Waals surface area contributed by atoms with E-state index in [9.17, 15) is 9.59 Å². The third-order valence-corrected chi connectivity index (χ3v) is 2.41. The van der Waals surface area contributed by atoms with Gasteiger partial charge in [0.05, 0.1) is 12.7 Å². The highest BCUT2D eigenvalue weighted by atomic mass is 16.5. The number of rotatable bonds is 6. The summed E-state index contributed by atoms with van der Waals surface area (Å²) >= 11 is 0. The summed E-state index contributed by atoms with van der Waals surface area (Å²) in [6.07, 6.45) is 0. The second-order valence-corrected chi connectivity index (χ2v) is 3.81. The number of esters is 1. The number of nitrogens with one attached hydrogen (secondary N) is 2. The molecule has 0 saturated heterocycles. The quantitative estimate of drug-likeness (QED) is 0.576. The maximum absolute atomic E-state index is 11.5. The van der Waals surface area contributed by atoms with Crippen molar-refractivity contribution in [1.29, 1.82) is 0 Å². The summed E-state index contributed by atoms with van der Waals surface area (Å²) in [6.45, 7) is 3.25. The number of carbonyl (C=O) groups is 2. The zero-order valence-electron chi connectivity index (χ0n) is 10.7. The van der Waals surface area contributed by atoms with Crippen LogP contribution in [-0.4, -0.2) is 32.1 Å². The Kier molecular flexibility index (Phi) is 5.87. The number of hydrogen-bond acceptors (Lipinski definition) is 4. The van der Waals surface area contributed by atoms with Crippen molar-refractivity contribution in [2.75, 3.05) is 20.2 Å². The van der Waals surface area contributed by atoms with Crippen molar-refractivity contribution in [3.8, 4) is 0 Å². The van der Waals surface area contributed by atoms with Gasteiger partial charge in [-0.15, -0.1) is 0 Å². The minimum absolute atomic E-state index is 0.0493. The highest BCUT2D eigenvalue weighted by Gasteiger charge is 2.09. The Morgan fingerprint density at radius 1 is 1.22 bits per heavy atom. The lowest BCUT2D eigenvalue weighted by molar-refractivity contribution is -0.118. The van der Waals surface area contributed by atoms with E-state index in [0.717, 1.165) is 5.56 Å². The molecule has 1 rings (SSSR count). The molecule has 0 heterocycles. The van der Waals surface area contributed by atoms with Crippen LogP contribution in [0.25, 0.3) is 0 Å². The highest BCUT2D eigenvalue weighted by Crippen LogP contribution is 2.09. The minimum atomic E-state index is -0.339. The molecule has 0 saturated carbocycles. The van der Waals surface area contributed by atoms with Crippen LogP contribution in [0.1, 0.15) is 22.8 Å². The van der Waals surface area contributed by atoms with E-state index in [1.54, 1.807) is 12.1 Å². The first kappa shape index (κ1) is 14.2. The van der Waals surface area contributed by atoms with E-state index in [4.69, 9.17) is 4.74 Å². The van der Waals surface area contributed by atoms with E-state index in [0.29, 0.717) is 25.2 Å². The van der Waals surface area contributed by atoms with Crippen molar-refractivity contribution in [3.63, 3.8) is 0 Å². The number of hydrogen-bond donors (Lipinski definition) is 2. The maximum Gasteiger partial charge on any atom is 0.338 e. The first-order valence-corrected chi connectivity index (χ1v) is 5.76. The van der Waals surface area contributed by atoms with Gasteiger partial charge < -0.3 is 15.4 Å². The molecule has 1 aromatic carbocycles. The zero-order chi connectivity index (χ0) is 13.4. The van der Waals surface area contributed by atoms with Crippen LogP contribution in [0.4, 0.5) is 0 Å².